The molecule has 3 nitrogen and oxygen atoms in total. The number of benzene rings is 1. The second-order valence-corrected chi connectivity index (χ2v) is 5.48. The van der Waals surface area contributed by atoms with Crippen LogP contribution in [0.25, 0.3) is 5.69 Å². The Morgan fingerprint density at radius 2 is 2.05 bits per heavy atom. The maximum atomic E-state index is 6.06. The van der Waals surface area contributed by atoms with Gasteiger partial charge in [-0.15, -0.1) is 0 Å². The van der Waals surface area contributed by atoms with E-state index in [1.807, 2.05) is 28.9 Å². The van der Waals surface area contributed by atoms with Crippen LogP contribution in [0, 0.1) is 13.8 Å². The highest BCUT2D eigenvalue weighted by Gasteiger charge is 2.12. The molecule has 1 aromatic heterocycles. The molecule has 2 rings (SSSR count). The van der Waals surface area contributed by atoms with Crippen LogP contribution in [0.2, 0.25) is 5.02 Å². The van der Waals surface area contributed by atoms with Crippen molar-refractivity contribution in [2.45, 2.75) is 33.6 Å². The topological polar surface area (TPSA) is 29.9 Å². The first-order valence-corrected chi connectivity index (χ1v) is 7.53. The van der Waals surface area contributed by atoms with Crippen LogP contribution in [-0.4, -0.2) is 22.9 Å². The monoisotopic (exact) mass is 291 g/mol. The molecule has 0 bridgehead atoms. The predicted molar refractivity (Wildman–Crippen MR) is 84.9 cm³/mol. The number of hydrogen-bond donors (Lipinski definition) is 1. The molecule has 2 aromatic rings. The fraction of sp³-hybridized carbons (Fsp3) is 0.438. The van der Waals surface area contributed by atoms with Crippen molar-refractivity contribution in [3.05, 3.63) is 46.2 Å². The molecule has 0 unspecified atom stereocenters. The molecule has 1 N–H and O–H groups in total. The number of aromatic nitrogens is 2. The summed E-state index contributed by atoms with van der Waals surface area (Å²) >= 11 is 6.06. The molecule has 0 aliphatic rings. The Morgan fingerprint density at radius 1 is 1.25 bits per heavy atom. The largest absolute Gasteiger partial charge is 0.316 e. The molecule has 0 atom stereocenters. The van der Waals surface area contributed by atoms with E-state index in [0.29, 0.717) is 0 Å². The lowest BCUT2D eigenvalue weighted by molar-refractivity contribution is 0.669. The van der Waals surface area contributed by atoms with Crippen LogP contribution < -0.4 is 5.32 Å². The van der Waals surface area contributed by atoms with Crippen molar-refractivity contribution in [1.29, 1.82) is 0 Å². The van der Waals surface area contributed by atoms with Crippen molar-refractivity contribution in [1.82, 2.24) is 15.1 Å². The van der Waals surface area contributed by atoms with E-state index in [1.54, 1.807) is 0 Å². The minimum Gasteiger partial charge on any atom is -0.316 e. The predicted octanol–water partition coefficient (Wildman–Crippen LogP) is 3.68. The summed E-state index contributed by atoms with van der Waals surface area (Å²) in [6, 6.07) is 7.81. The zero-order valence-electron chi connectivity index (χ0n) is 12.4. The highest BCUT2D eigenvalue weighted by Crippen LogP contribution is 2.20. The van der Waals surface area contributed by atoms with Gasteiger partial charge < -0.3 is 5.32 Å². The van der Waals surface area contributed by atoms with Crippen LogP contribution in [0.15, 0.2) is 24.3 Å². The maximum absolute atomic E-state index is 6.06. The second-order valence-electron chi connectivity index (χ2n) is 5.04. The van der Waals surface area contributed by atoms with E-state index < -0.39 is 0 Å². The average Bonchev–Trinajstić information content (AvgIpc) is 2.71. The SMILES string of the molecule is CCCNCCc1c(C)nn(-c2cccc(Cl)c2)c1C. The minimum absolute atomic E-state index is 0.737. The molecule has 0 aliphatic carbocycles. The van der Waals surface area contributed by atoms with Crippen LogP contribution in [0.3, 0.4) is 0 Å². The minimum atomic E-state index is 0.737. The Hall–Kier alpha value is -1.32. The van der Waals surface area contributed by atoms with Crippen LogP contribution in [0.1, 0.15) is 30.3 Å². The van der Waals surface area contributed by atoms with Crippen molar-refractivity contribution < 1.29 is 0 Å². The smallest absolute Gasteiger partial charge is 0.0663 e. The summed E-state index contributed by atoms with van der Waals surface area (Å²) in [5.41, 5.74) is 4.64. The van der Waals surface area contributed by atoms with Gasteiger partial charge in [0.1, 0.15) is 0 Å². The molecule has 0 aliphatic heterocycles. The third-order valence-corrected chi connectivity index (χ3v) is 3.71. The number of rotatable bonds is 6. The van der Waals surface area contributed by atoms with Gasteiger partial charge in [-0.1, -0.05) is 24.6 Å². The Kier molecular flexibility index (Phi) is 5.21. The lowest BCUT2D eigenvalue weighted by atomic mass is 10.1. The summed E-state index contributed by atoms with van der Waals surface area (Å²) in [7, 11) is 0. The number of halogens is 1. The van der Waals surface area contributed by atoms with Crippen LogP contribution in [-0.2, 0) is 6.42 Å². The van der Waals surface area contributed by atoms with Crippen molar-refractivity contribution in [3.8, 4) is 5.69 Å². The lowest BCUT2D eigenvalue weighted by Crippen LogP contribution is -2.18. The summed E-state index contributed by atoms with van der Waals surface area (Å²) < 4.78 is 1.98. The molecule has 0 spiro atoms. The van der Waals surface area contributed by atoms with Gasteiger partial charge in [0.05, 0.1) is 11.4 Å². The fourth-order valence-electron chi connectivity index (χ4n) is 2.41. The molecule has 108 valence electrons. The molecular formula is C16H22ClN3. The van der Waals surface area contributed by atoms with Crippen LogP contribution >= 0.6 is 11.6 Å². The van der Waals surface area contributed by atoms with Crippen molar-refractivity contribution >= 4 is 11.6 Å². The number of aryl methyl sites for hydroxylation is 1. The Bertz CT molecular complexity index is 575. The molecule has 4 heteroatoms. The maximum Gasteiger partial charge on any atom is 0.0663 e. The van der Waals surface area contributed by atoms with Gasteiger partial charge in [-0.2, -0.15) is 5.10 Å². The zero-order valence-corrected chi connectivity index (χ0v) is 13.2. The van der Waals surface area contributed by atoms with E-state index in [4.69, 9.17) is 11.6 Å². The molecule has 0 amide bonds. The number of nitrogens with zero attached hydrogens (tertiary/aromatic N) is 2. The average molecular weight is 292 g/mol. The van der Waals surface area contributed by atoms with Gasteiger partial charge >= 0.3 is 0 Å². The van der Waals surface area contributed by atoms with Gasteiger partial charge in [-0.3, -0.25) is 0 Å². The highest BCUT2D eigenvalue weighted by molar-refractivity contribution is 6.30. The summed E-state index contributed by atoms with van der Waals surface area (Å²) in [5, 5.41) is 8.83. The number of nitrogens with one attached hydrogen (secondary N) is 1. The molecule has 0 saturated carbocycles. The third kappa shape index (κ3) is 3.41. The van der Waals surface area contributed by atoms with Gasteiger partial charge in [-0.05, 0) is 63.5 Å². The molecule has 1 aromatic carbocycles. The van der Waals surface area contributed by atoms with Crippen molar-refractivity contribution in [2.75, 3.05) is 13.1 Å². The summed E-state index contributed by atoms with van der Waals surface area (Å²) in [6.07, 6.45) is 2.18. The molecular weight excluding hydrogens is 270 g/mol. The lowest BCUT2D eigenvalue weighted by Gasteiger charge is -2.06. The van der Waals surface area contributed by atoms with Gasteiger partial charge in [0.25, 0.3) is 0 Å². The van der Waals surface area contributed by atoms with Crippen LogP contribution in [0.5, 0.6) is 0 Å². The van der Waals surface area contributed by atoms with Crippen molar-refractivity contribution in [2.24, 2.45) is 0 Å². The molecule has 20 heavy (non-hydrogen) atoms. The number of hydrogen-bond acceptors (Lipinski definition) is 2. The molecule has 1 heterocycles. The van der Waals surface area contributed by atoms with E-state index in [-0.39, 0.29) is 0 Å². The Labute approximate surface area is 126 Å². The Balaban J connectivity index is 2.20. The summed E-state index contributed by atoms with van der Waals surface area (Å²) in [6.45, 7) is 8.44. The standard InChI is InChI=1S/C16H22ClN3/c1-4-9-18-10-8-16-12(2)19-20(13(16)3)15-7-5-6-14(17)11-15/h5-7,11,18H,4,8-10H2,1-3H3. The first-order chi connectivity index (χ1) is 9.63. The highest BCUT2D eigenvalue weighted by atomic mass is 35.5. The zero-order chi connectivity index (χ0) is 14.5. The van der Waals surface area contributed by atoms with E-state index in [0.717, 1.165) is 35.9 Å². The summed E-state index contributed by atoms with van der Waals surface area (Å²) in [5.74, 6) is 0. The molecule has 0 radical (unpaired) electrons. The summed E-state index contributed by atoms with van der Waals surface area (Å²) in [4.78, 5) is 0. The second kappa shape index (κ2) is 6.91. The molecule has 0 saturated heterocycles. The van der Waals surface area contributed by atoms with E-state index in [9.17, 15) is 0 Å². The van der Waals surface area contributed by atoms with Gasteiger partial charge in [-0.25, -0.2) is 4.68 Å². The first-order valence-electron chi connectivity index (χ1n) is 7.15. The van der Waals surface area contributed by atoms with E-state index in [2.05, 4.69) is 31.2 Å². The van der Waals surface area contributed by atoms with E-state index in [1.165, 1.54) is 17.7 Å². The van der Waals surface area contributed by atoms with Crippen LogP contribution in [0.4, 0.5) is 0 Å². The fourth-order valence-corrected chi connectivity index (χ4v) is 2.60. The first kappa shape index (κ1) is 15.1. The van der Waals surface area contributed by atoms with Gasteiger partial charge in [0.2, 0.25) is 0 Å². The van der Waals surface area contributed by atoms with E-state index >= 15 is 0 Å². The quantitative estimate of drug-likeness (QED) is 0.823. The third-order valence-electron chi connectivity index (χ3n) is 3.47. The van der Waals surface area contributed by atoms with Crippen molar-refractivity contribution in [3.63, 3.8) is 0 Å². The van der Waals surface area contributed by atoms with Gasteiger partial charge in [0.15, 0.2) is 0 Å². The molecule has 0 fully saturated rings. The Morgan fingerprint density at radius 3 is 2.75 bits per heavy atom. The van der Waals surface area contributed by atoms with Gasteiger partial charge in [0, 0.05) is 10.7 Å². The normalized spacial score (nSPS) is 11.0.